The maximum Gasteiger partial charge on any atom is 0.305 e. The van der Waals surface area contributed by atoms with Gasteiger partial charge in [0.2, 0.25) is 0 Å². The monoisotopic (exact) mass is 279 g/mol. The molecule has 20 heavy (non-hydrogen) atoms. The SMILES string of the molecule is CCC(C)N(CCOCCC(=O)O)Cc1ccccc1. The number of benzene rings is 1. The highest BCUT2D eigenvalue weighted by molar-refractivity contribution is 5.66. The molecule has 0 radical (unpaired) electrons. The van der Waals surface area contributed by atoms with Crippen LogP contribution in [0, 0.1) is 0 Å². The molecular formula is C16H25NO3. The van der Waals surface area contributed by atoms with Crippen molar-refractivity contribution in [2.45, 2.75) is 39.3 Å². The third-order valence-electron chi connectivity index (χ3n) is 3.43. The summed E-state index contributed by atoms with van der Waals surface area (Å²) in [5.74, 6) is -0.812. The Morgan fingerprint density at radius 2 is 2.00 bits per heavy atom. The van der Waals surface area contributed by atoms with Crippen LogP contribution in [0.4, 0.5) is 0 Å². The molecule has 0 aliphatic carbocycles. The Hall–Kier alpha value is -1.39. The average molecular weight is 279 g/mol. The molecule has 0 spiro atoms. The molecule has 0 heterocycles. The van der Waals surface area contributed by atoms with Gasteiger partial charge in [-0.3, -0.25) is 9.69 Å². The molecule has 0 bridgehead atoms. The fourth-order valence-corrected chi connectivity index (χ4v) is 1.97. The summed E-state index contributed by atoms with van der Waals surface area (Å²) in [7, 11) is 0. The second-order valence-electron chi connectivity index (χ2n) is 4.97. The summed E-state index contributed by atoms with van der Waals surface area (Å²) in [4.78, 5) is 12.8. The van der Waals surface area contributed by atoms with E-state index in [2.05, 4.69) is 30.9 Å². The van der Waals surface area contributed by atoms with Crippen LogP contribution in [0.5, 0.6) is 0 Å². The van der Waals surface area contributed by atoms with Gasteiger partial charge in [-0.25, -0.2) is 0 Å². The highest BCUT2D eigenvalue weighted by atomic mass is 16.5. The number of carboxylic acids is 1. The number of aliphatic carboxylic acids is 1. The number of ether oxygens (including phenoxy) is 1. The van der Waals surface area contributed by atoms with Crippen LogP contribution in [0.1, 0.15) is 32.3 Å². The van der Waals surface area contributed by atoms with Gasteiger partial charge in [0.15, 0.2) is 0 Å². The van der Waals surface area contributed by atoms with E-state index in [0.29, 0.717) is 12.6 Å². The maximum atomic E-state index is 10.4. The van der Waals surface area contributed by atoms with Crippen LogP contribution in [0.15, 0.2) is 30.3 Å². The van der Waals surface area contributed by atoms with Crippen molar-refractivity contribution in [3.63, 3.8) is 0 Å². The smallest absolute Gasteiger partial charge is 0.305 e. The maximum absolute atomic E-state index is 10.4. The van der Waals surface area contributed by atoms with Gasteiger partial charge in [-0.15, -0.1) is 0 Å². The topological polar surface area (TPSA) is 49.8 Å². The van der Waals surface area contributed by atoms with Crippen molar-refractivity contribution in [1.82, 2.24) is 4.90 Å². The van der Waals surface area contributed by atoms with Crippen molar-refractivity contribution in [3.05, 3.63) is 35.9 Å². The van der Waals surface area contributed by atoms with Crippen molar-refractivity contribution in [3.8, 4) is 0 Å². The molecule has 112 valence electrons. The van der Waals surface area contributed by atoms with Gasteiger partial charge in [-0.2, -0.15) is 0 Å². The number of nitrogens with zero attached hydrogens (tertiary/aromatic N) is 1. The van der Waals surface area contributed by atoms with E-state index < -0.39 is 5.97 Å². The van der Waals surface area contributed by atoms with Crippen LogP contribution in [0.25, 0.3) is 0 Å². The molecule has 1 aromatic carbocycles. The van der Waals surface area contributed by atoms with Crippen LogP contribution in [-0.4, -0.2) is 41.8 Å². The van der Waals surface area contributed by atoms with Crippen molar-refractivity contribution < 1.29 is 14.6 Å². The van der Waals surface area contributed by atoms with E-state index in [-0.39, 0.29) is 13.0 Å². The number of rotatable bonds is 10. The Balaban J connectivity index is 2.38. The largest absolute Gasteiger partial charge is 0.481 e. The first-order chi connectivity index (χ1) is 9.63. The van der Waals surface area contributed by atoms with Crippen molar-refractivity contribution in [2.24, 2.45) is 0 Å². The predicted molar refractivity (Wildman–Crippen MR) is 79.7 cm³/mol. The summed E-state index contributed by atoms with van der Waals surface area (Å²) >= 11 is 0. The Labute approximate surface area is 121 Å². The molecular weight excluding hydrogens is 254 g/mol. The summed E-state index contributed by atoms with van der Waals surface area (Å²) in [5.41, 5.74) is 1.29. The van der Waals surface area contributed by atoms with E-state index in [4.69, 9.17) is 9.84 Å². The minimum absolute atomic E-state index is 0.0714. The summed E-state index contributed by atoms with van der Waals surface area (Å²) in [5, 5.41) is 8.55. The summed E-state index contributed by atoms with van der Waals surface area (Å²) in [6.07, 6.45) is 1.16. The molecule has 4 heteroatoms. The number of carboxylic acid groups (broad SMARTS) is 1. The molecule has 0 aliphatic rings. The first-order valence-corrected chi connectivity index (χ1v) is 7.21. The van der Waals surface area contributed by atoms with Gasteiger partial charge in [0.1, 0.15) is 0 Å². The Bertz CT molecular complexity index is 381. The van der Waals surface area contributed by atoms with Gasteiger partial charge in [0, 0.05) is 19.1 Å². The minimum Gasteiger partial charge on any atom is -0.481 e. The summed E-state index contributed by atoms with van der Waals surface area (Å²) < 4.78 is 5.38. The first-order valence-electron chi connectivity index (χ1n) is 7.21. The van der Waals surface area contributed by atoms with E-state index >= 15 is 0 Å². The normalized spacial score (nSPS) is 12.6. The van der Waals surface area contributed by atoms with Crippen LogP contribution >= 0.6 is 0 Å². The lowest BCUT2D eigenvalue weighted by Crippen LogP contribution is -2.35. The van der Waals surface area contributed by atoms with Crippen molar-refractivity contribution in [1.29, 1.82) is 0 Å². The lowest BCUT2D eigenvalue weighted by atomic mass is 10.1. The fourth-order valence-electron chi connectivity index (χ4n) is 1.97. The zero-order valence-electron chi connectivity index (χ0n) is 12.4. The second-order valence-corrected chi connectivity index (χ2v) is 4.97. The molecule has 0 amide bonds. The molecule has 0 aliphatic heterocycles. The molecule has 1 atom stereocenters. The van der Waals surface area contributed by atoms with Crippen molar-refractivity contribution in [2.75, 3.05) is 19.8 Å². The molecule has 0 fully saturated rings. The van der Waals surface area contributed by atoms with Crippen LogP contribution in [-0.2, 0) is 16.1 Å². The molecule has 1 aromatic rings. The van der Waals surface area contributed by atoms with Gasteiger partial charge < -0.3 is 9.84 Å². The van der Waals surface area contributed by atoms with Crippen LogP contribution < -0.4 is 0 Å². The van der Waals surface area contributed by atoms with Gasteiger partial charge in [0.25, 0.3) is 0 Å². The molecule has 1 unspecified atom stereocenters. The number of hydrogen-bond donors (Lipinski definition) is 1. The summed E-state index contributed by atoms with van der Waals surface area (Å²) in [6.45, 7) is 6.97. The highest BCUT2D eigenvalue weighted by Gasteiger charge is 2.12. The zero-order valence-corrected chi connectivity index (χ0v) is 12.4. The lowest BCUT2D eigenvalue weighted by molar-refractivity contribution is -0.138. The molecule has 0 saturated heterocycles. The quantitative estimate of drug-likeness (QED) is 0.669. The lowest BCUT2D eigenvalue weighted by Gasteiger charge is -2.28. The van der Waals surface area contributed by atoms with E-state index in [9.17, 15) is 4.79 Å². The first kappa shape index (κ1) is 16.7. The molecule has 0 aromatic heterocycles. The Morgan fingerprint density at radius 3 is 2.60 bits per heavy atom. The van der Waals surface area contributed by atoms with Crippen LogP contribution in [0.2, 0.25) is 0 Å². The van der Waals surface area contributed by atoms with E-state index in [1.54, 1.807) is 0 Å². The Kier molecular flexibility index (Phi) is 7.92. The van der Waals surface area contributed by atoms with Crippen molar-refractivity contribution >= 4 is 5.97 Å². The fraction of sp³-hybridized carbons (Fsp3) is 0.562. The molecule has 4 nitrogen and oxygen atoms in total. The molecule has 1 rings (SSSR count). The van der Waals surface area contributed by atoms with E-state index in [0.717, 1.165) is 19.5 Å². The average Bonchev–Trinajstić information content (AvgIpc) is 2.45. The van der Waals surface area contributed by atoms with Gasteiger partial charge >= 0.3 is 5.97 Å². The third kappa shape index (κ3) is 6.68. The minimum atomic E-state index is -0.812. The predicted octanol–water partition coefficient (Wildman–Crippen LogP) is 2.78. The van der Waals surface area contributed by atoms with E-state index in [1.165, 1.54) is 5.56 Å². The highest BCUT2D eigenvalue weighted by Crippen LogP contribution is 2.10. The van der Waals surface area contributed by atoms with E-state index in [1.807, 2.05) is 18.2 Å². The van der Waals surface area contributed by atoms with Gasteiger partial charge in [0.05, 0.1) is 19.6 Å². The van der Waals surface area contributed by atoms with Gasteiger partial charge in [-0.1, -0.05) is 37.3 Å². The second kappa shape index (κ2) is 9.50. The standard InChI is InChI=1S/C16H25NO3/c1-3-14(2)17(10-12-20-11-9-16(18)19)13-15-7-5-4-6-8-15/h4-8,14H,3,9-13H2,1-2H3,(H,18,19). The number of carbonyl (C=O) groups is 1. The van der Waals surface area contributed by atoms with Crippen LogP contribution in [0.3, 0.4) is 0 Å². The third-order valence-corrected chi connectivity index (χ3v) is 3.43. The summed E-state index contributed by atoms with van der Waals surface area (Å²) in [6, 6.07) is 10.9. The van der Waals surface area contributed by atoms with Gasteiger partial charge in [-0.05, 0) is 18.9 Å². The Morgan fingerprint density at radius 1 is 1.30 bits per heavy atom. The number of hydrogen-bond acceptors (Lipinski definition) is 3. The molecule has 0 saturated carbocycles. The molecule has 1 N–H and O–H groups in total. The zero-order chi connectivity index (χ0) is 14.8.